The van der Waals surface area contributed by atoms with E-state index in [0.29, 0.717) is 11.4 Å². The molecule has 0 bridgehead atoms. The van der Waals surface area contributed by atoms with E-state index in [1.54, 1.807) is 0 Å². The van der Waals surface area contributed by atoms with E-state index in [9.17, 15) is 4.39 Å². The van der Waals surface area contributed by atoms with Crippen LogP contribution in [0.4, 0.5) is 10.1 Å². The van der Waals surface area contributed by atoms with Gasteiger partial charge in [0.05, 0.1) is 17.6 Å². The minimum Gasteiger partial charge on any atom is -0.397 e. The number of anilines is 1. The first kappa shape index (κ1) is 10.1. The van der Waals surface area contributed by atoms with Gasteiger partial charge in [-0.3, -0.25) is 4.98 Å². The third kappa shape index (κ3) is 2.32. The standard InChI is InChI=1S/C6H8FN3.ClH/c7-4-1-5(9)6(2-8)10-3-4;/h1,3H,2,8-9H2;1H. The smallest absolute Gasteiger partial charge is 0.143 e. The maximum absolute atomic E-state index is 12.3. The Morgan fingerprint density at radius 1 is 1.55 bits per heavy atom. The van der Waals surface area contributed by atoms with Gasteiger partial charge in [0, 0.05) is 12.6 Å². The Hall–Kier alpha value is -0.870. The number of aromatic nitrogens is 1. The van der Waals surface area contributed by atoms with Crippen molar-refractivity contribution < 1.29 is 4.39 Å². The summed E-state index contributed by atoms with van der Waals surface area (Å²) in [4.78, 5) is 3.67. The number of hydrogen-bond donors (Lipinski definition) is 2. The van der Waals surface area contributed by atoms with E-state index >= 15 is 0 Å². The molecule has 1 rings (SSSR count). The Morgan fingerprint density at radius 3 is 2.64 bits per heavy atom. The zero-order chi connectivity index (χ0) is 7.56. The number of pyridine rings is 1. The Morgan fingerprint density at radius 2 is 2.18 bits per heavy atom. The molecule has 0 saturated heterocycles. The van der Waals surface area contributed by atoms with Gasteiger partial charge in [-0.05, 0) is 0 Å². The summed E-state index contributed by atoms with van der Waals surface area (Å²) in [5, 5.41) is 0. The molecule has 0 aliphatic heterocycles. The topological polar surface area (TPSA) is 64.9 Å². The molecule has 0 unspecified atom stereocenters. The van der Waals surface area contributed by atoms with Crippen LogP contribution in [0.2, 0.25) is 0 Å². The van der Waals surface area contributed by atoms with Gasteiger partial charge in [-0.2, -0.15) is 0 Å². The molecule has 0 amide bonds. The molecule has 0 aliphatic rings. The Labute approximate surface area is 70.0 Å². The van der Waals surface area contributed by atoms with Crippen LogP contribution in [0.15, 0.2) is 12.3 Å². The van der Waals surface area contributed by atoms with E-state index in [0.717, 1.165) is 6.20 Å². The van der Waals surface area contributed by atoms with Crippen molar-refractivity contribution in [3.8, 4) is 0 Å². The predicted octanol–water partition coefficient (Wildman–Crippen LogP) is 0.683. The van der Waals surface area contributed by atoms with Gasteiger partial charge >= 0.3 is 0 Å². The van der Waals surface area contributed by atoms with Gasteiger partial charge < -0.3 is 11.5 Å². The lowest BCUT2D eigenvalue weighted by molar-refractivity contribution is 0.620. The molecular weight excluding hydrogens is 169 g/mol. The van der Waals surface area contributed by atoms with Crippen LogP contribution in [0.25, 0.3) is 0 Å². The first-order valence-corrected chi connectivity index (χ1v) is 2.84. The number of nitrogens with two attached hydrogens (primary N) is 2. The van der Waals surface area contributed by atoms with Crippen LogP contribution >= 0.6 is 12.4 Å². The third-order valence-corrected chi connectivity index (χ3v) is 1.16. The molecule has 1 heterocycles. The van der Waals surface area contributed by atoms with Crippen molar-refractivity contribution in [2.45, 2.75) is 6.54 Å². The van der Waals surface area contributed by atoms with E-state index in [4.69, 9.17) is 11.5 Å². The molecule has 62 valence electrons. The molecular formula is C6H9ClFN3. The van der Waals surface area contributed by atoms with Crippen molar-refractivity contribution in [3.05, 3.63) is 23.8 Å². The Balaban J connectivity index is 0.000001000. The van der Waals surface area contributed by atoms with Crippen molar-refractivity contribution in [1.29, 1.82) is 0 Å². The van der Waals surface area contributed by atoms with E-state index < -0.39 is 5.82 Å². The zero-order valence-electron chi connectivity index (χ0n) is 5.75. The van der Waals surface area contributed by atoms with Crippen LogP contribution in [-0.4, -0.2) is 4.98 Å². The second-order valence-corrected chi connectivity index (χ2v) is 1.89. The van der Waals surface area contributed by atoms with Crippen molar-refractivity contribution >= 4 is 18.1 Å². The SMILES string of the molecule is Cl.NCc1ncc(F)cc1N. The molecule has 0 saturated carbocycles. The first-order chi connectivity index (χ1) is 4.74. The van der Waals surface area contributed by atoms with Gasteiger partial charge in [0.15, 0.2) is 0 Å². The summed E-state index contributed by atoms with van der Waals surface area (Å²) in [6.45, 7) is 0.242. The van der Waals surface area contributed by atoms with E-state index in [1.165, 1.54) is 6.07 Å². The molecule has 11 heavy (non-hydrogen) atoms. The average molecular weight is 178 g/mol. The number of hydrogen-bond acceptors (Lipinski definition) is 3. The van der Waals surface area contributed by atoms with Gasteiger partial charge in [0.1, 0.15) is 5.82 Å². The molecule has 1 aromatic heterocycles. The highest BCUT2D eigenvalue weighted by molar-refractivity contribution is 5.85. The van der Waals surface area contributed by atoms with Gasteiger partial charge in [-0.1, -0.05) is 0 Å². The lowest BCUT2D eigenvalue weighted by Gasteiger charge is -1.99. The van der Waals surface area contributed by atoms with Crippen molar-refractivity contribution in [3.63, 3.8) is 0 Å². The molecule has 3 nitrogen and oxygen atoms in total. The van der Waals surface area contributed by atoms with E-state index in [-0.39, 0.29) is 19.0 Å². The molecule has 0 aromatic carbocycles. The Bertz CT molecular complexity index is 241. The summed E-state index contributed by atoms with van der Waals surface area (Å²) in [7, 11) is 0. The van der Waals surface area contributed by atoms with Gasteiger partial charge in [-0.25, -0.2) is 4.39 Å². The molecule has 0 atom stereocenters. The van der Waals surface area contributed by atoms with Gasteiger partial charge in [0.25, 0.3) is 0 Å². The fourth-order valence-corrected chi connectivity index (χ4v) is 0.654. The Kier molecular flexibility index (Phi) is 3.78. The molecule has 0 radical (unpaired) electrons. The summed E-state index contributed by atoms with van der Waals surface area (Å²) < 4.78 is 12.3. The lowest BCUT2D eigenvalue weighted by atomic mass is 10.3. The average Bonchev–Trinajstić information content (AvgIpc) is 1.88. The third-order valence-electron chi connectivity index (χ3n) is 1.16. The highest BCUT2D eigenvalue weighted by Gasteiger charge is 1.98. The highest BCUT2D eigenvalue weighted by atomic mass is 35.5. The maximum atomic E-state index is 12.3. The highest BCUT2D eigenvalue weighted by Crippen LogP contribution is 2.08. The lowest BCUT2D eigenvalue weighted by Crippen LogP contribution is -2.04. The van der Waals surface area contributed by atoms with Crippen molar-refractivity contribution in [2.24, 2.45) is 5.73 Å². The van der Waals surface area contributed by atoms with Crippen molar-refractivity contribution in [1.82, 2.24) is 4.98 Å². The number of nitrogen functional groups attached to an aromatic ring is 1. The van der Waals surface area contributed by atoms with Crippen LogP contribution in [0.3, 0.4) is 0 Å². The first-order valence-electron chi connectivity index (χ1n) is 2.84. The molecule has 0 aliphatic carbocycles. The summed E-state index contributed by atoms with van der Waals surface area (Å²) >= 11 is 0. The molecule has 1 aromatic rings. The largest absolute Gasteiger partial charge is 0.397 e. The second-order valence-electron chi connectivity index (χ2n) is 1.89. The van der Waals surface area contributed by atoms with Crippen LogP contribution in [-0.2, 0) is 6.54 Å². The summed E-state index contributed by atoms with van der Waals surface area (Å²) in [5.41, 5.74) is 11.4. The van der Waals surface area contributed by atoms with Gasteiger partial charge in [-0.15, -0.1) is 12.4 Å². The van der Waals surface area contributed by atoms with Crippen LogP contribution < -0.4 is 11.5 Å². The van der Waals surface area contributed by atoms with E-state index in [2.05, 4.69) is 4.98 Å². The normalized spacial score (nSPS) is 8.91. The van der Waals surface area contributed by atoms with Crippen LogP contribution in [0.1, 0.15) is 5.69 Å². The number of halogens is 2. The summed E-state index contributed by atoms with van der Waals surface area (Å²) in [5.74, 6) is -0.435. The van der Waals surface area contributed by atoms with E-state index in [1.807, 2.05) is 0 Å². The maximum Gasteiger partial charge on any atom is 0.143 e. The summed E-state index contributed by atoms with van der Waals surface area (Å²) in [6.07, 6.45) is 1.10. The predicted molar refractivity (Wildman–Crippen MR) is 43.7 cm³/mol. The molecule has 4 N–H and O–H groups in total. The number of nitrogens with zero attached hydrogens (tertiary/aromatic N) is 1. The monoisotopic (exact) mass is 177 g/mol. The van der Waals surface area contributed by atoms with Crippen LogP contribution in [0, 0.1) is 5.82 Å². The van der Waals surface area contributed by atoms with Gasteiger partial charge in [0.2, 0.25) is 0 Å². The minimum atomic E-state index is -0.435. The summed E-state index contributed by atoms with van der Waals surface area (Å²) in [6, 6.07) is 1.20. The quantitative estimate of drug-likeness (QED) is 0.663. The van der Waals surface area contributed by atoms with Crippen LogP contribution in [0.5, 0.6) is 0 Å². The molecule has 0 fully saturated rings. The second kappa shape index (κ2) is 4.10. The van der Waals surface area contributed by atoms with Crippen molar-refractivity contribution in [2.75, 3.05) is 5.73 Å². The molecule has 0 spiro atoms. The minimum absolute atomic E-state index is 0. The fraction of sp³-hybridized carbons (Fsp3) is 0.167. The zero-order valence-corrected chi connectivity index (χ0v) is 6.57. The fourth-order valence-electron chi connectivity index (χ4n) is 0.654. The molecule has 5 heteroatoms. The number of rotatable bonds is 1.